The van der Waals surface area contributed by atoms with E-state index in [9.17, 15) is 4.39 Å². The van der Waals surface area contributed by atoms with Gasteiger partial charge in [-0.15, -0.1) is 0 Å². The van der Waals surface area contributed by atoms with Gasteiger partial charge in [-0.05, 0) is 29.9 Å². The van der Waals surface area contributed by atoms with Crippen LogP contribution in [-0.4, -0.2) is 0 Å². The Balaban J connectivity index is 4.97. The van der Waals surface area contributed by atoms with Gasteiger partial charge in [-0.2, -0.15) is 0 Å². The Bertz CT molecular complexity index is 200. The third-order valence-corrected chi connectivity index (χ3v) is 1.87. The first-order chi connectivity index (χ1) is 5.30. The zero-order valence-corrected chi connectivity index (χ0v) is 8.79. The lowest BCUT2D eigenvalue weighted by atomic mass is 9.81. The van der Waals surface area contributed by atoms with Crippen molar-refractivity contribution < 1.29 is 4.39 Å². The van der Waals surface area contributed by atoms with Crippen LogP contribution < -0.4 is 0 Å². The van der Waals surface area contributed by atoms with Crippen LogP contribution in [0.5, 0.6) is 0 Å². The molecular weight excluding hydrogens is 151 g/mol. The van der Waals surface area contributed by atoms with Crippen LogP contribution in [-0.2, 0) is 0 Å². The first-order valence-corrected chi connectivity index (χ1v) is 4.35. The third kappa shape index (κ3) is 2.80. The van der Waals surface area contributed by atoms with Crippen molar-refractivity contribution in [3.63, 3.8) is 0 Å². The Morgan fingerprint density at radius 3 is 1.83 bits per heavy atom. The van der Waals surface area contributed by atoms with Gasteiger partial charge in [-0.3, -0.25) is 0 Å². The molecule has 0 spiro atoms. The van der Waals surface area contributed by atoms with E-state index in [0.717, 1.165) is 17.6 Å². The Kier molecular flexibility index (Phi) is 3.69. The molecule has 0 nitrogen and oxygen atoms in total. The molecule has 1 heteroatoms. The Morgan fingerprint density at radius 2 is 1.75 bits per heavy atom. The van der Waals surface area contributed by atoms with E-state index in [1.54, 1.807) is 0 Å². The summed E-state index contributed by atoms with van der Waals surface area (Å²) in [5, 5.41) is 0. The van der Waals surface area contributed by atoms with Crippen molar-refractivity contribution in [1.82, 2.24) is 0 Å². The maximum Gasteiger partial charge on any atom is 0.101 e. The minimum absolute atomic E-state index is 0.102. The molecule has 0 aromatic carbocycles. The third-order valence-electron chi connectivity index (χ3n) is 1.87. The number of halogens is 1. The number of hydrogen-bond acceptors (Lipinski definition) is 0. The van der Waals surface area contributed by atoms with Crippen LogP contribution in [0.25, 0.3) is 0 Å². The van der Waals surface area contributed by atoms with Gasteiger partial charge in [0.15, 0.2) is 0 Å². The van der Waals surface area contributed by atoms with E-state index in [2.05, 4.69) is 6.58 Å². The van der Waals surface area contributed by atoms with Gasteiger partial charge in [-0.25, -0.2) is 4.39 Å². The van der Waals surface area contributed by atoms with Crippen molar-refractivity contribution in [2.75, 3.05) is 0 Å². The number of allylic oxidation sites excluding steroid dienone is 3. The van der Waals surface area contributed by atoms with Gasteiger partial charge in [0, 0.05) is 0 Å². The highest BCUT2D eigenvalue weighted by Gasteiger charge is 2.21. The minimum Gasteiger partial charge on any atom is -0.212 e. The molecule has 0 heterocycles. The van der Waals surface area contributed by atoms with Crippen LogP contribution in [0.4, 0.5) is 4.39 Å². The number of rotatable bonds is 2. The lowest BCUT2D eigenvalue weighted by molar-refractivity contribution is 0.475. The molecule has 0 aromatic rings. The largest absolute Gasteiger partial charge is 0.212 e. The molecule has 0 aromatic heterocycles. The highest BCUT2D eigenvalue weighted by Crippen LogP contribution is 2.34. The maximum absolute atomic E-state index is 13.1. The molecule has 0 aliphatic rings. The molecule has 70 valence electrons. The SMILES string of the molecule is C=C(CC)/C(=C(\C)F)C(C)(C)C. The van der Waals surface area contributed by atoms with Crippen molar-refractivity contribution in [3.05, 3.63) is 23.6 Å². The molecule has 0 unspecified atom stereocenters. The second-order valence-electron chi connectivity index (χ2n) is 4.12. The van der Waals surface area contributed by atoms with E-state index in [1.807, 2.05) is 27.7 Å². The quantitative estimate of drug-likeness (QED) is 0.544. The van der Waals surface area contributed by atoms with E-state index < -0.39 is 0 Å². The topological polar surface area (TPSA) is 0 Å². The van der Waals surface area contributed by atoms with Crippen molar-refractivity contribution in [3.8, 4) is 0 Å². The first-order valence-electron chi connectivity index (χ1n) is 4.35. The predicted molar refractivity (Wildman–Crippen MR) is 52.7 cm³/mol. The molecule has 0 atom stereocenters. The van der Waals surface area contributed by atoms with Crippen molar-refractivity contribution in [2.45, 2.75) is 41.0 Å². The van der Waals surface area contributed by atoms with E-state index in [4.69, 9.17) is 0 Å². The van der Waals surface area contributed by atoms with Crippen LogP contribution in [0.2, 0.25) is 0 Å². The average molecular weight is 170 g/mol. The molecule has 0 fully saturated rings. The second kappa shape index (κ2) is 3.88. The van der Waals surface area contributed by atoms with Crippen molar-refractivity contribution in [2.24, 2.45) is 5.41 Å². The molecule has 0 aliphatic carbocycles. The van der Waals surface area contributed by atoms with E-state index in [-0.39, 0.29) is 11.2 Å². The number of hydrogen-bond donors (Lipinski definition) is 0. The highest BCUT2D eigenvalue weighted by molar-refractivity contribution is 5.34. The Labute approximate surface area is 75.2 Å². The summed E-state index contributed by atoms with van der Waals surface area (Å²) < 4.78 is 13.1. The van der Waals surface area contributed by atoms with Crippen LogP contribution in [0.15, 0.2) is 23.6 Å². The second-order valence-corrected chi connectivity index (χ2v) is 4.12. The summed E-state index contributed by atoms with van der Waals surface area (Å²) in [5.41, 5.74) is 1.54. The maximum atomic E-state index is 13.1. The van der Waals surface area contributed by atoms with Gasteiger partial charge in [0.2, 0.25) is 0 Å². The van der Waals surface area contributed by atoms with Crippen LogP contribution in [0.1, 0.15) is 41.0 Å². The standard InChI is InChI=1S/C11H19F/c1-7-8(2)10(9(3)12)11(4,5)6/h2,7H2,1,3-6H3/b10-9-. The monoisotopic (exact) mass is 170 g/mol. The molecule has 0 bridgehead atoms. The van der Waals surface area contributed by atoms with Crippen molar-refractivity contribution >= 4 is 0 Å². The summed E-state index contributed by atoms with van der Waals surface area (Å²) in [6.45, 7) is 13.4. The highest BCUT2D eigenvalue weighted by atomic mass is 19.1. The molecule has 0 radical (unpaired) electrons. The van der Waals surface area contributed by atoms with Gasteiger partial charge < -0.3 is 0 Å². The molecule has 0 N–H and O–H groups in total. The van der Waals surface area contributed by atoms with E-state index in [0.29, 0.717) is 0 Å². The summed E-state index contributed by atoms with van der Waals surface area (Å²) in [6.07, 6.45) is 0.813. The molecule has 0 saturated heterocycles. The molecule has 0 saturated carbocycles. The zero-order chi connectivity index (χ0) is 9.94. The zero-order valence-electron chi connectivity index (χ0n) is 8.79. The molecule has 0 rings (SSSR count). The van der Waals surface area contributed by atoms with Gasteiger partial charge in [0.25, 0.3) is 0 Å². The smallest absolute Gasteiger partial charge is 0.101 e. The molecular formula is C11H19F. The fourth-order valence-corrected chi connectivity index (χ4v) is 1.47. The summed E-state index contributed by atoms with van der Waals surface area (Å²) >= 11 is 0. The van der Waals surface area contributed by atoms with Crippen LogP contribution in [0.3, 0.4) is 0 Å². The van der Waals surface area contributed by atoms with Gasteiger partial charge >= 0.3 is 0 Å². The van der Waals surface area contributed by atoms with Gasteiger partial charge in [0.05, 0.1) is 0 Å². The predicted octanol–water partition coefficient (Wildman–Crippen LogP) is 4.24. The fourth-order valence-electron chi connectivity index (χ4n) is 1.47. The lowest BCUT2D eigenvalue weighted by Gasteiger charge is -2.24. The fraction of sp³-hybridized carbons (Fsp3) is 0.636. The van der Waals surface area contributed by atoms with E-state index in [1.165, 1.54) is 6.92 Å². The first kappa shape index (κ1) is 11.4. The normalized spacial score (nSPS) is 14.2. The van der Waals surface area contributed by atoms with Gasteiger partial charge in [-0.1, -0.05) is 34.3 Å². The Morgan fingerprint density at radius 1 is 1.33 bits per heavy atom. The van der Waals surface area contributed by atoms with Crippen molar-refractivity contribution in [1.29, 1.82) is 0 Å². The molecule has 0 aliphatic heterocycles. The summed E-state index contributed by atoms with van der Waals surface area (Å²) in [6, 6.07) is 0. The Hall–Kier alpha value is -0.590. The van der Waals surface area contributed by atoms with Crippen LogP contribution in [0, 0.1) is 5.41 Å². The summed E-state index contributed by atoms with van der Waals surface area (Å²) in [5.74, 6) is -0.102. The minimum atomic E-state index is -0.133. The van der Waals surface area contributed by atoms with Crippen LogP contribution >= 0.6 is 0 Å². The molecule has 0 amide bonds. The summed E-state index contributed by atoms with van der Waals surface area (Å²) in [4.78, 5) is 0. The van der Waals surface area contributed by atoms with E-state index >= 15 is 0 Å². The van der Waals surface area contributed by atoms with Gasteiger partial charge in [0.1, 0.15) is 5.83 Å². The lowest BCUT2D eigenvalue weighted by Crippen LogP contribution is -2.12. The average Bonchev–Trinajstić information content (AvgIpc) is 1.83. The molecule has 12 heavy (non-hydrogen) atoms. The summed E-state index contributed by atoms with van der Waals surface area (Å²) in [7, 11) is 0.